The van der Waals surface area contributed by atoms with Gasteiger partial charge in [0.05, 0.1) is 36.6 Å². The van der Waals surface area contributed by atoms with E-state index in [1.165, 1.54) is 90.5 Å². The van der Waals surface area contributed by atoms with E-state index in [-0.39, 0.29) is 52.0 Å². The first kappa shape index (κ1) is 40.0. The molecule has 8 aliphatic rings. The molecule has 8 rings (SSSR count). The van der Waals surface area contributed by atoms with E-state index in [1.807, 2.05) is 0 Å². The summed E-state index contributed by atoms with van der Waals surface area (Å²) in [5.74, 6) is 1.98. The largest absolute Gasteiger partial charge is 0.457 e. The number of hydrogen-bond acceptors (Lipinski definition) is 8. The summed E-state index contributed by atoms with van der Waals surface area (Å²) < 4.78 is 26.1. The Labute approximate surface area is 327 Å². The standard InChI is InChI=1S/C46H77NO7/c1-29-25-32(40(42(5,6)50)52-30(2)48)53-38-37(29)43(7)21-22-46-28-45(46)20-19-35(41(3,4)33(45)17-18-34(46)44(43,8)39(38)49)54-36-27-47(23-24-51-36)26-31-15-13-11-9-10-12-14-16-31/h29,31-40,49-50H,9-28H2,1-8H3. The molecule has 2 aliphatic heterocycles. The third-order valence-corrected chi connectivity index (χ3v) is 18.5. The van der Waals surface area contributed by atoms with Crippen molar-refractivity contribution in [3.8, 4) is 0 Å². The van der Waals surface area contributed by atoms with Crippen LogP contribution in [-0.2, 0) is 23.7 Å². The highest BCUT2D eigenvalue weighted by Crippen LogP contribution is 2.89. The van der Waals surface area contributed by atoms with Gasteiger partial charge in [-0.15, -0.1) is 0 Å². The summed E-state index contributed by atoms with van der Waals surface area (Å²) in [6, 6.07) is 0. The van der Waals surface area contributed by atoms with Crippen molar-refractivity contribution in [3.63, 3.8) is 0 Å². The summed E-state index contributed by atoms with van der Waals surface area (Å²) in [7, 11) is 0. The monoisotopic (exact) mass is 756 g/mol. The predicted molar refractivity (Wildman–Crippen MR) is 209 cm³/mol. The summed E-state index contributed by atoms with van der Waals surface area (Å²) >= 11 is 0. The number of fused-ring (bicyclic) bond motifs is 4. The molecule has 6 aliphatic carbocycles. The van der Waals surface area contributed by atoms with Gasteiger partial charge < -0.3 is 29.2 Å². The third kappa shape index (κ3) is 6.21. The Morgan fingerprint density at radius 2 is 1.59 bits per heavy atom. The molecule has 0 bridgehead atoms. The number of hydrogen-bond donors (Lipinski definition) is 2. The molecule has 8 fully saturated rings. The van der Waals surface area contributed by atoms with Gasteiger partial charge in [-0.25, -0.2) is 0 Å². The maximum Gasteiger partial charge on any atom is 0.303 e. The van der Waals surface area contributed by atoms with Crippen molar-refractivity contribution in [1.29, 1.82) is 0 Å². The molecule has 8 nitrogen and oxygen atoms in total. The molecule has 0 aromatic carbocycles. The first-order chi connectivity index (χ1) is 25.5. The van der Waals surface area contributed by atoms with Crippen LogP contribution < -0.4 is 0 Å². The van der Waals surface area contributed by atoms with Crippen LogP contribution in [0.4, 0.5) is 0 Å². The lowest BCUT2D eigenvalue weighted by atomic mass is 9.41. The second-order valence-electron chi connectivity index (χ2n) is 22.0. The van der Waals surface area contributed by atoms with Gasteiger partial charge in [-0.05, 0) is 129 Å². The number of aliphatic hydroxyl groups excluding tert-OH is 1. The van der Waals surface area contributed by atoms with E-state index < -0.39 is 29.9 Å². The van der Waals surface area contributed by atoms with Gasteiger partial charge in [0, 0.05) is 32.0 Å². The normalized spacial score (nSPS) is 48.7. The molecule has 2 heterocycles. The van der Waals surface area contributed by atoms with Crippen molar-refractivity contribution >= 4 is 5.97 Å². The molecule has 2 N–H and O–H groups in total. The highest BCUT2D eigenvalue weighted by Gasteiger charge is 2.84. The Morgan fingerprint density at radius 1 is 0.926 bits per heavy atom. The first-order valence-corrected chi connectivity index (χ1v) is 22.7. The molecule has 2 saturated heterocycles. The van der Waals surface area contributed by atoms with E-state index in [1.54, 1.807) is 13.8 Å². The number of rotatable bonds is 7. The summed E-state index contributed by atoms with van der Waals surface area (Å²) in [5, 5.41) is 23.8. The van der Waals surface area contributed by atoms with Gasteiger partial charge >= 0.3 is 5.97 Å². The van der Waals surface area contributed by atoms with Crippen molar-refractivity contribution in [2.75, 3.05) is 26.2 Å². The number of aliphatic hydroxyl groups is 2. The Kier molecular flexibility index (Phi) is 10.5. The molecule has 0 amide bonds. The Morgan fingerprint density at radius 3 is 2.28 bits per heavy atom. The van der Waals surface area contributed by atoms with Crippen molar-refractivity contribution in [2.45, 2.75) is 201 Å². The van der Waals surface area contributed by atoms with Crippen LogP contribution in [0.5, 0.6) is 0 Å². The Hall–Kier alpha value is -0.770. The van der Waals surface area contributed by atoms with E-state index >= 15 is 0 Å². The summed E-state index contributed by atoms with van der Waals surface area (Å²) in [6.07, 6.45) is 18.1. The maximum atomic E-state index is 12.7. The average molecular weight is 756 g/mol. The van der Waals surface area contributed by atoms with Crippen LogP contribution in [0.2, 0.25) is 0 Å². The molecule has 54 heavy (non-hydrogen) atoms. The second-order valence-corrected chi connectivity index (χ2v) is 22.0. The molecule has 6 saturated carbocycles. The van der Waals surface area contributed by atoms with Crippen LogP contribution in [0.15, 0.2) is 0 Å². The quantitative estimate of drug-likeness (QED) is 0.251. The molecule has 0 aromatic heterocycles. The van der Waals surface area contributed by atoms with Gasteiger partial charge in [-0.1, -0.05) is 73.1 Å². The summed E-state index contributed by atoms with van der Waals surface area (Å²) in [6.45, 7) is 21.0. The van der Waals surface area contributed by atoms with E-state index in [9.17, 15) is 15.0 Å². The summed E-state index contributed by atoms with van der Waals surface area (Å²) in [5.41, 5.74) is -0.907. The minimum Gasteiger partial charge on any atom is -0.457 e. The average Bonchev–Trinajstić information content (AvgIpc) is 3.69. The molecule has 0 aromatic rings. The van der Waals surface area contributed by atoms with E-state index in [4.69, 9.17) is 18.9 Å². The lowest BCUT2D eigenvalue weighted by molar-refractivity contribution is -0.249. The van der Waals surface area contributed by atoms with Gasteiger partial charge in [-0.2, -0.15) is 0 Å². The number of esters is 1. The zero-order valence-corrected chi connectivity index (χ0v) is 35.4. The first-order valence-electron chi connectivity index (χ1n) is 22.7. The zero-order chi connectivity index (χ0) is 38.5. The number of ether oxygens (including phenoxy) is 4. The highest BCUT2D eigenvalue weighted by molar-refractivity contribution is 5.66. The van der Waals surface area contributed by atoms with Crippen LogP contribution in [0, 0.1) is 56.7 Å². The molecule has 2 spiro atoms. The van der Waals surface area contributed by atoms with E-state index in [2.05, 4.69) is 39.5 Å². The van der Waals surface area contributed by atoms with Crippen LogP contribution in [0.25, 0.3) is 0 Å². The molecular formula is C46H77NO7. The lowest BCUT2D eigenvalue weighted by Gasteiger charge is -2.64. The Balaban J connectivity index is 0.965. The molecule has 14 atom stereocenters. The van der Waals surface area contributed by atoms with Crippen molar-refractivity contribution < 1.29 is 34.0 Å². The number of carbonyl (C=O) groups excluding carboxylic acids is 1. The fourth-order valence-corrected chi connectivity index (χ4v) is 16.0. The van der Waals surface area contributed by atoms with Gasteiger partial charge in [0.25, 0.3) is 0 Å². The van der Waals surface area contributed by atoms with Gasteiger partial charge in [0.15, 0.2) is 12.4 Å². The smallest absolute Gasteiger partial charge is 0.303 e. The van der Waals surface area contributed by atoms with Crippen LogP contribution in [0.3, 0.4) is 0 Å². The fourth-order valence-electron chi connectivity index (χ4n) is 16.0. The minimum absolute atomic E-state index is 0.0467. The number of morpholine rings is 1. The molecule has 308 valence electrons. The zero-order valence-electron chi connectivity index (χ0n) is 35.4. The fraction of sp³-hybridized carbons (Fsp3) is 0.978. The topological polar surface area (TPSA) is 97.7 Å². The number of carbonyl (C=O) groups is 1. The van der Waals surface area contributed by atoms with Gasteiger partial charge in [0.1, 0.15) is 0 Å². The second kappa shape index (κ2) is 14.2. The molecule has 8 heteroatoms. The van der Waals surface area contributed by atoms with E-state index in [0.29, 0.717) is 23.7 Å². The van der Waals surface area contributed by atoms with Gasteiger partial charge in [0.2, 0.25) is 0 Å². The van der Waals surface area contributed by atoms with Crippen LogP contribution in [0.1, 0.15) is 158 Å². The number of nitrogens with zero attached hydrogens (tertiary/aromatic N) is 1. The molecule has 14 unspecified atom stereocenters. The van der Waals surface area contributed by atoms with E-state index in [0.717, 1.165) is 44.9 Å². The van der Waals surface area contributed by atoms with Crippen molar-refractivity contribution in [2.24, 2.45) is 56.7 Å². The van der Waals surface area contributed by atoms with Crippen LogP contribution in [-0.4, -0.2) is 89.7 Å². The summed E-state index contributed by atoms with van der Waals surface area (Å²) in [4.78, 5) is 14.8. The molecule has 0 radical (unpaired) electrons. The predicted octanol–water partition coefficient (Wildman–Crippen LogP) is 8.30. The SMILES string of the molecule is CC(=O)OC(C1CC(C)C2C(O1)C(O)C1(C)C3CCC4C(C)(C)C(OC5CN(CC6CCCCCCCC6)CCO5)CCC45CC35CCC21C)C(C)(C)O. The molecular weight excluding hydrogens is 679 g/mol. The van der Waals surface area contributed by atoms with Crippen LogP contribution >= 0.6 is 0 Å². The highest BCUT2D eigenvalue weighted by atomic mass is 16.7. The Bertz CT molecular complexity index is 1370. The van der Waals surface area contributed by atoms with Crippen molar-refractivity contribution in [1.82, 2.24) is 4.90 Å². The van der Waals surface area contributed by atoms with Gasteiger partial charge in [-0.3, -0.25) is 9.69 Å². The minimum atomic E-state index is -1.25. The maximum absolute atomic E-state index is 12.7. The third-order valence-electron chi connectivity index (χ3n) is 18.5. The lowest BCUT2D eigenvalue weighted by Crippen LogP contribution is -2.60. The van der Waals surface area contributed by atoms with Crippen molar-refractivity contribution in [3.05, 3.63) is 0 Å².